The van der Waals surface area contributed by atoms with E-state index in [1.807, 2.05) is 13.8 Å². The summed E-state index contributed by atoms with van der Waals surface area (Å²) in [4.78, 5) is 0. The van der Waals surface area contributed by atoms with Gasteiger partial charge in [0.05, 0.1) is 47.8 Å². The van der Waals surface area contributed by atoms with Gasteiger partial charge < -0.3 is 33.9 Å². The lowest BCUT2D eigenvalue weighted by Crippen LogP contribution is -2.48. The summed E-state index contributed by atoms with van der Waals surface area (Å²) < 4.78 is 30.6. The van der Waals surface area contributed by atoms with Crippen molar-refractivity contribution in [3.63, 3.8) is 0 Å². The molecule has 3 rings (SSSR count). The van der Waals surface area contributed by atoms with Crippen molar-refractivity contribution < 1.29 is 33.9 Å². The molecule has 0 spiro atoms. The van der Waals surface area contributed by atoms with Crippen molar-refractivity contribution >= 4 is 8.07 Å². The van der Waals surface area contributed by atoms with Crippen molar-refractivity contribution in [3.8, 4) is 0 Å². The van der Waals surface area contributed by atoms with Crippen LogP contribution in [0.4, 0.5) is 0 Å². The van der Waals surface area contributed by atoms with E-state index in [4.69, 9.17) is 23.7 Å². The Balaban J connectivity index is 1.46. The van der Waals surface area contributed by atoms with Crippen LogP contribution in [-0.2, 0) is 23.7 Å². The first-order valence-electron chi connectivity index (χ1n) is 13.2. The zero-order valence-electron chi connectivity index (χ0n) is 22.8. The quantitative estimate of drug-likeness (QED) is 0.248. The van der Waals surface area contributed by atoms with Crippen LogP contribution in [-0.4, -0.2) is 85.1 Å². The molecule has 200 valence electrons. The van der Waals surface area contributed by atoms with Crippen molar-refractivity contribution in [2.45, 2.75) is 146 Å². The van der Waals surface area contributed by atoms with E-state index in [1.54, 1.807) is 6.92 Å². The number of ether oxygens (including phenoxy) is 5. The van der Waals surface area contributed by atoms with Gasteiger partial charge in [-0.25, -0.2) is 0 Å². The fraction of sp³-hybridized carbons (Fsp3) is 1.00. The predicted molar refractivity (Wildman–Crippen MR) is 135 cm³/mol. The van der Waals surface area contributed by atoms with Gasteiger partial charge in [-0.2, -0.15) is 0 Å². The smallest absolute Gasteiger partial charge is 0.146 e. The normalized spacial score (nSPS) is 39.0. The van der Waals surface area contributed by atoms with E-state index in [0.29, 0.717) is 6.61 Å². The van der Waals surface area contributed by atoms with Gasteiger partial charge in [0.15, 0.2) is 0 Å². The minimum atomic E-state index is -1.11. The topological polar surface area (TPSA) is 86.6 Å². The molecule has 0 aliphatic carbocycles. The highest BCUT2D eigenvalue weighted by atomic mass is 28.3. The third-order valence-corrected chi connectivity index (χ3v) is 9.75. The Labute approximate surface area is 207 Å². The predicted octanol–water partition coefficient (Wildman–Crippen LogP) is 4.26. The Bertz CT molecular complexity index is 673. The molecule has 0 aromatic heterocycles. The van der Waals surface area contributed by atoms with Gasteiger partial charge in [0.1, 0.15) is 12.4 Å². The number of aliphatic hydroxyl groups is 2. The summed E-state index contributed by atoms with van der Waals surface area (Å²) in [5.74, 6) is 0. The molecular weight excluding hydrogens is 452 g/mol. The zero-order valence-corrected chi connectivity index (χ0v) is 23.8. The Hall–Kier alpha value is -0.0631. The van der Waals surface area contributed by atoms with Crippen molar-refractivity contribution in [1.82, 2.24) is 0 Å². The molecule has 0 bridgehead atoms. The summed E-state index contributed by atoms with van der Waals surface area (Å²) in [6.07, 6.45) is 4.57. The molecule has 0 saturated carbocycles. The lowest BCUT2D eigenvalue weighted by atomic mass is 9.89. The zero-order chi connectivity index (χ0) is 25.4. The van der Waals surface area contributed by atoms with Gasteiger partial charge in [0, 0.05) is 14.7 Å². The molecular formula is C26H50O7Si. The van der Waals surface area contributed by atoms with Gasteiger partial charge >= 0.3 is 0 Å². The first kappa shape index (κ1) is 28.5. The second kappa shape index (κ2) is 10.4. The minimum absolute atomic E-state index is 0.0235. The fourth-order valence-corrected chi connectivity index (χ4v) is 6.26. The van der Waals surface area contributed by atoms with Gasteiger partial charge in [0.2, 0.25) is 0 Å². The molecule has 3 heterocycles. The largest absolute Gasteiger partial charge is 0.388 e. The summed E-state index contributed by atoms with van der Waals surface area (Å²) in [6, 6.07) is 1.10. The van der Waals surface area contributed by atoms with Crippen molar-refractivity contribution in [2.24, 2.45) is 0 Å². The second-order valence-corrected chi connectivity index (χ2v) is 18.9. The first-order chi connectivity index (χ1) is 15.5. The van der Waals surface area contributed by atoms with E-state index in [-0.39, 0.29) is 37.8 Å². The van der Waals surface area contributed by atoms with Crippen molar-refractivity contribution in [2.75, 3.05) is 20.0 Å². The van der Waals surface area contributed by atoms with Crippen LogP contribution >= 0.6 is 0 Å². The number of hydrogen-bond donors (Lipinski definition) is 2. The summed E-state index contributed by atoms with van der Waals surface area (Å²) in [7, 11) is -1.11. The van der Waals surface area contributed by atoms with E-state index >= 15 is 0 Å². The Morgan fingerprint density at radius 3 is 2.12 bits per heavy atom. The Kier molecular flexibility index (Phi) is 8.69. The molecule has 7 nitrogen and oxygen atoms in total. The molecule has 2 N–H and O–H groups in total. The average molecular weight is 503 g/mol. The second-order valence-electron chi connectivity index (χ2n) is 13.3. The standard InChI is InChI=1S/C26H50O7Si/c1-23(2,27)19-11-13-26(5,32-19)22-12-14-25(4,33-22)21-10-9-20(31-21)24(3,28)17-30-18-29-15-16-34(6,7)8/h19-22,27-28H,9-18H2,1-8H3/t19-,20-,21-,22-,24+,25+,26+/m0/s1. The first-order valence-corrected chi connectivity index (χ1v) is 16.9. The van der Waals surface area contributed by atoms with E-state index in [9.17, 15) is 10.2 Å². The summed E-state index contributed by atoms with van der Waals surface area (Å²) in [5.41, 5.74) is -2.73. The van der Waals surface area contributed by atoms with E-state index in [1.165, 1.54) is 0 Å². The molecule has 3 saturated heterocycles. The van der Waals surface area contributed by atoms with Crippen LogP contribution in [0.25, 0.3) is 0 Å². The summed E-state index contributed by atoms with van der Waals surface area (Å²) in [6.45, 7) is 17.7. The molecule has 3 fully saturated rings. The fourth-order valence-electron chi connectivity index (χ4n) is 5.50. The van der Waals surface area contributed by atoms with Crippen molar-refractivity contribution in [3.05, 3.63) is 0 Å². The van der Waals surface area contributed by atoms with Crippen LogP contribution in [0.2, 0.25) is 25.7 Å². The number of rotatable bonds is 11. The van der Waals surface area contributed by atoms with Crippen molar-refractivity contribution in [1.29, 1.82) is 0 Å². The van der Waals surface area contributed by atoms with Crippen LogP contribution in [0.15, 0.2) is 0 Å². The molecule has 34 heavy (non-hydrogen) atoms. The van der Waals surface area contributed by atoms with Crippen LogP contribution in [0.3, 0.4) is 0 Å². The van der Waals surface area contributed by atoms with Gasteiger partial charge in [-0.05, 0) is 79.2 Å². The maximum atomic E-state index is 11.0. The third kappa shape index (κ3) is 7.03. The monoisotopic (exact) mass is 502 g/mol. The van der Waals surface area contributed by atoms with Gasteiger partial charge in [0.25, 0.3) is 0 Å². The maximum Gasteiger partial charge on any atom is 0.146 e. The Morgan fingerprint density at radius 1 is 0.853 bits per heavy atom. The number of hydrogen-bond acceptors (Lipinski definition) is 7. The molecule has 0 aromatic carbocycles. The molecule has 3 aliphatic heterocycles. The highest BCUT2D eigenvalue weighted by molar-refractivity contribution is 6.76. The van der Waals surface area contributed by atoms with Crippen LogP contribution in [0.5, 0.6) is 0 Å². The SMILES string of the molecule is CC(C)(O)[C@@H]1CC[C@](C)([C@@H]2CC[C@](C)([C@@H]3CC[C@@H]([C@](C)(O)COCOCC[Si](C)(C)C)O3)O2)O1. The highest BCUT2D eigenvalue weighted by Crippen LogP contribution is 2.48. The van der Waals surface area contributed by atoms with Crippen LogP contribution in [0, 0.1) is 0 Å². The Morgan fingerprint density at radius 2 is 1.50 bits per heavy atom. The highest BCUT2D eigenvalue weighted by Gasteiger charge is 2.55. The van der Waals surface area contributed by atoms with Gasteiger partial charge in [-0.3, -0.25) is 0 Å². The van der Waals surface area contributed by atoms with E-state index in [2.05, 4.69) is 33.5 Å². The molecule has 8 heteroatoms. The summed E-state index contributed by atoms with van der Waals surface area (Å²) >= 11 is 0. The van der Waals surface area contributed by atoms with Crippen LogP contribution in [0.1, 0.15) is 73.1 Å². The molecule has 0 unspecified atom stereocenters. The molecule has 7 atom stereocenters. The average Bonchev–Trinajstić information content (AvgIpc) is 3.42. The maximum absolute atomic E-state index is 11.0. The van der Waals surface area contributed by atoms with E-state index < -0.39 is 30.5 Å². The molecule has 0 radical (unpaired) electrons. The summed E-state index contributed by atoms with van der Waals surface area (Å²) in [5, 5.41) is 21.4. The molecule has 0 aromatic rings. The lowest BCUT2D eigenvalue weighted by Gasteiger charge is -2.38. The molecule has 0 amide bonds. The van der Waals surface area contributed by atoms with Gasteiger partial charge in [-0.1, -0.05) is 19.6 Å². The lowest BCUT2D eigenvalue weighted by molar-refractivity contribution is -0.206. The minimum Gasteiger partial charge on any atom is -0.388 e. The van der Waals surface area contributed by atoms with Gasteiger partial charge in [-0.15, -0.1) is 0 Å². The third-order valence-electron chi connectivity index (χ3n) is 8.05. The van der Waals surface area contributed by atoms with Crippen LogP contribution < -0.4 is 0 Å². The molecule has 3 aliphatic rings. The van der Waals surface area contributed by atoms with E-state index in [0.717, 1.165) is 44.6 Å².